The molecule has 0 saturated carbocycles. The van der Waals surface area contributed by atoms with E-state index in [1.165, 1.54) is 0 Å². The molecule has 0 amide bonds. The summed E-state index contributed by atoms with van der Waals surface area (Å²) < 4.78 is 0.941. The number of nitrogens with zero attached hydrogens (tertiary/aromatic N) is 2. The Morgan fingerprint density at radius 3 is 2.82 bits per heavy atom. The van der Waals surface area contributed by atoms with Crippen LogP contribution in [0.4, 0.5) is 5.69 Å². The van der Waals surface area contributed by atoms with Gasteiger partial charge in [-0.3, -0.25) is 9.89 Å². The second-order valence-electron chi connectivity index (χ2n) is 3.53. The van der Waals surface area contributed by atoms with Gasteiger partial charge < -0.3 is 11.6 Å². The predicted molar refractivity (Wildman–Crippen MR) is 67.5 cm³/mol. The van der Waals surface area contributed by atoms with Crippen molar-refractivity contribution in [2.24, 2.45) is 0 Å². The van der Waals surface area contributed by atoms with Crippen LogP contribution >= 0.6 is 12.2 Å². The zero-order valence-corrected chi connectivity index (χ0v) is 9.70. The first-order valence-electron chi connectivity index (χ1n) is 4.88. The molecule has 6 nitrogen and oxygen atoms in total. The van der Waals surface area contributed by atoms with Gasteiger partial charge in [-0.25, -0.2) is 0 Å². The lowest BCUT2D eigenvalue weighted by molar-refractivity contribution is 0.760. The maximum absolute atomic E-state index is 11.8. The molecule has 1 aromatic heterocycles. The van der Waals surface area contributed by atoms with Crippen LogP contribution in [0.25, 0.3) is 0 Å². The minimum absolute atomic E-state index is 0.0831. The van der Waals surface area contributed by atoms with Gasteiger partial charge in [0.2, 0.25) is 4.77 Å². The average molecular weight is 249 g/mol. The molecule has 0 unspecified atom stereocenters. The Bertz CT molecular complexity index is 660. The maximum Gasteiger partial charge on any atom is 0.295 e. The van der Waals surface area contributed by atoms with Gasteiger partial charge in [0.15, 0.2) is 0 Å². The molecule has 5 N–H and O–H groups in total. The van der Waals surface area contributed by atoms with E-state index in [9.17, 15) is 4.79 Å². The lowest BCUT2D eigenvalue weighted by Crippen LogP contribution is -2.32. The second kappa shape index (κ2) is 4.38. The van der Waals surface area contributed by atoms with Gasteiger partial charge >= 0.3 is 0 Å². The summed E-state index contributed by atoms with van der Waals surface area (Å²) in [6.07, 6.45) is 0.314. The summed E-state index contributed by atoms with van der Waals surface area (Å²) >= 11 is 4.79. The molecule has 88 valence electrons. The lowest BCUT2D eigenvalue weighted by atomic mass is 10.1. The molecule has 0 atom stereocenters. The van der Waals surface area contributed by atoms with E-state index in [2.05, 4.69) is 10.2 Å². The molecule has 2 rings (SSSR count). The number of nitrogens with two attached hydrogens (primary N) is 2. The third-order valence-electron chi connectivity index (χ3n) is 2.38. The highest BCUT2D eigenvalue weighted by Gasteiger charge is 2.08. The van der Waals surface area contributed by atoms with Crippen LogP contribution in [0.1, 0.15) is 11.3 Å². The highest BCUT2D eigenvalue weighted by Crippen LogP contribution is 2.12. The maximum atomic E-state index is 11.8. The summed E-state index contributed by atoms with van der Waals surface area (Å²) in [4.78, 5) is 11.8. The Morgan fingerprint density at radius 2 is 2.12 bits per heavy atom. The van der Waals surface area contributed by atoms with Gasteiger partial charge in [-0.15, -0.1) is 0 Å². The number of rotatable bonds is 2. The van der Waals surface area contributed by atoms with E-state index < -0.39 is 5.56 Å². The number of anilines is 1. The van der Waals surface area contributed by atoms with E-state index in [1.54, 1.807) is 6.07 Å². The minimum atomic E-state index is -0.419. The van der Waals surface area contributed by atoms with Crippen molar-refractivity contribution in [3.63, 3.8) is 0 Å². The minimum Gasteiger partial charge on any atom is -0.398 e. The van der Waals surface area contributed by atoms with Gasteiger partial charge in [0.05, 0.1) is 0 Å². The zero-order valence-electron chi connectivity index (χ0n) is 8.88. The number of nitrogen functional groups attached to an aromatic ring is 2. The summed E-state index contributed by atoms with van der Waals surface area (Å²) in [7, 11) is 0. The summed E-state index contributed by atoms with van der Waals surface area (Å²) in [5.41, 5.74) is 7.08. The van der Waals surface area contributed by atoms with Crippen molar-refractivity contribution in [2.45, 2.75) is 6.42 Å². The topological polar surface area (TPSA) is 103 Å². The fourth-order valence-electron chi connectivity index (χ4n) is 1.44. The Labute approximate surface area is 102 Å². The Hall–Kier alpha value is -2.15. The van der Waals surface area contributed by atoms with E-state index >= 15 is 0 Å². The van der Waals surface area contributed by atoms with Crippen LogP contribution in [0.3, 0.4) is 0 Å². The molecule has 0 bridgehead atoms. The quantitative estimate of drug-likeness (QED) is 0.400. The van der Waals surface area contributed by atoms with E-state index in [4.69, 9.17) is 23.8 Å². The highest BCUT2D eigenvalue weighted by molar-refractivity contribution is 7.71. The number of aromatic nitrogens is 3. The summed E-state index contributed by atoms with van der Waals surface area (Å²) in [5, 5.41) is 6.39. The fourth-order valence-corrected chi connectivity index (χ4v) is 1.57. The number of H-pyrrole nitrogens is 1. The average Bonchev–Trinajstić information content (AvgIpc) is 2.32. The van der Waals surface area contributed by atoms with Crippen molar-refractivity contribution in [1.82, 2.24) is 14.9 Å². The fraction of sp³-hybridized carbons (Fsp3) is 0.100. The van der Waals surface area contributed by atoms with Crippen LogP contribution in [0, 0.1) is 4.77 Å². The molecule has 0 saturated heterocycles. The van der Waals surface area contributed by atoms with Crippen LogP contribution in [0.5, 0.6) is 0 Å². The number of aromatic amines is 1. The van der Waals surface area contributed by atoms with E-state index in [1.807, 2.05) is 18.2 Å². The first kappa shape index (κ1) is 11.3. The van der Waals surface area contributed by atoms with Crippen LogP contribution in [0.15, 0.2) is 29.1 Å². The van der Waals surface area contributed by atoms with Crippen LogP contribution < -0.4 is 17.1 Å². The van der Waals surface area contributed by atoms with Crippen molar-refractivity contribution >= 4 is 17.9 Å². The van der Waals surface area contributed by atoms with E-state index in [0.717, 1.165) is 10.2 Å². The Kier molecular flexibility index (Phi) is 2.92. The van der Waals surface area contributed by atoms with Crippen molar-refractivity contribution < 1.29 is 0 Å². The molecule has 0 aliphatic carbocycles. The van der Waals surface area contributed by atoms with Gasteiger partial charge in [-0.1, -0.05) is 18.2 Å². The van der Waals surface area contributed by atoms with E-state index in [-0.39, 0.29) is 10.5 Å². The van der Waals surface area contributed by atoms with Crippen molar-refractivity contribution in [2.75, 3.05) is 11.6 Å². The molecule has 0 radical (unpaired) electrons. The third kappa shape index (κ3) is 2.18. The number of para-hydroxylation sites is 1. The molecule has 2 aromatic rings. The summed E-state index contributed by atoms with van der Waals surface area (Å²) in [6.45, 7) is 0. The number of hydrogen-bond acceptors (Lipinski definition) is 5. The SMILES string of the molecule is Nc1ccccc1Cc1n[nH]c(=S)n(N)c1=O. The van der Waals surface area contributed by atoms with E-state index in [0.29, 0.717) is 12.1 Å². The van der Waals surface area contributed by atoms with Gasteiger partial charge in [0.1, 0.15) is 5.69 Å². The van der Waals surface area contributed by atoms with Crippen molar-refractivity contribution in [1.29, 1.82) is 0 Å². The molecular weight excluding hydrogens is 238 g/mol. The molecule has 0 aliphatic heterocycles. The molecule has 1 heterocycles. The highest BCUT2D eigenvalue weighted by atomic mass is 32.1. The Morgan fingerprint density at radius 1 is 1.41 bits per heavy atom. The standard InChI is InChI=1S/C10H11N5OS/c11-7-4-2-1-3-6(7)5-8-9(16)15(12)10(17)14-13-8/h1-4H,5,11-12H2,(H,14,17). The second-order valence-corrected chi connectivity index (χ2v) is 3.91. The summed E-state index contributed by atoms with van der Waals surface area (Å²) in [5.74, 6) is 5.47. The van der Waals surface area contributed by atoms with Crippen LogP contribution in [0.2, 0.25) is 0 Å². The van der Waals surface area contributed by atoms with Gasteiger partial charge in [-0.2, -0.15) is 9.77 Å². The molecule has 17 heavy (non-hydrogen) atoms. The van der Waals surface area contributed by atoms with Gasteiger partial charge in [-0.05, 0) is 23.8 Å². The third-order valence-corrected chi connectivity index (χ3v) is 2.67. The Balaban J connectivity index is 2.45. The monoisotopic (exact) mass is 249 g/mol. The summed E-state index contributed by atoms with van der Waals surface area (Å²) in [6, 6.07) is 7.27. The molecule has 1 aromatic carbocycles. The molecule has 0 fully saturated rings. The normalized spacial score (nSPS) is 10.4. The first-order chi connectivity index (χ1) is 8.09. The number of hydrogen-bond donors (Lipinski definition) is 3. The van der Waals surface area contributed by atoms with Gasteiger partial charge in [0, 0.05) is 12.1 Å². The van der Waals surface area contributed by atoms with Crippen LogP contribution in [-0.2, 0) is 6.42 Å². The molecule has 0 spiro atoms. The largest absolute Gasteiger partial charge is 0.398 e. The number of benzene rings is 1. The zero-order chi connectivity index (χ0) is 12.4. The van der Waals surface area contributed by atoms with Crippen LogP contribution in [-0.4, -0.2) is 14.9 Å². The molecule has 7 heteroatoms. The van der Waals surface area contributed by atoms with Crippen molar-refractivity contribution in [3.05, 3.63) is 50.6 Å². The number of nitrogens with one attached hydrogen (secondary N) is 1. The molecular formula is C10H11N5OS. The lowest BCUT2D eigenvalue weighted by Gasteiger charge is -2.05. The smallest absolute Gasteiger partial charge is 0.295 e. The van der Waals surface area contributed by atoms with Gasteiger partial charge in [0.25, 0.3) is 5.56 Å². The van der Waals surface area contributed by atoms with Crippen molar-refractivity contribution in [3.8, 4) is 0 Å². The molecule has 0 aliphatic rings. The first-order valence-corrected chi connectivity index (χ1v) is 5.29. The predicted octanol–water partition coefficient (Wildman–Crippen LogP) is 0.188.